The van der Waals surface area contributed by atoms with Crippen molar-refractivity contribution < 1.29 is 9.13 Å². The molecule has 3 nitrogen and oxygen atoms in total. The molecule has 0 unspecified atom stereocenters. The lowest BCUT2D eigenvalue weighted by Gasteiger charge is -2.12. The monoisotopic (exact) mass is 274 g/mol. The standard InChI is InChI=1S/C16H19FN2O/c1-11(2)18-9-13-8-14(17)10-19-16(13)20-15-6-4-12(3)5-7-15/h4-8,10-11,18H,9H2,1-3H3. The van der Waals surface area contributed by atoms with Gasteiger partial charge < -0.3 is 10.1 Å². The van der Waals surface area contributed by atoms with Crippen LogP contribution in [0.1, 0.15) is 25.0 Å². The van der Waals surface area contributed by atoms with E-state index in [0.29, 0.717) is 29.8 Å². The zero-order valence-corrected chi connectivity index (χ0v) is 12.0. The van der Waals surface area contributed by atoms with E-state index in [9.17, 15) is 4.39 Å². The summed E-state index contributed by atoms with van der Waals surface area (Å²) < 4.78 is 19.1. The van der Waals surface area contributed by atoms with Gasteiger partial charge in [-0.2, -0.15) is 0 Å². The van der Waals surface area contributed by atoms with E-state index in [1.165, 1.54) is 12.3 Å². The Kier molecular flexibility index (Phi) is 4.69. The number of benzene rings is 1. The normalized spacial score (nSPS) is 10.8. The van der Waals surface area contributed by atoms with E-state index in [2.05, 4.69) is 10.3 Å². The highest BCUT2D eigenvalue weighted by Crippen LogP contribution is 2.24. The van der Waals surface area contributed by atoms with Crippen LogP contribution < -0.4 is 10.1 Å². The van der Waals surface area contributed by atoms with Crippen molar-refractivity contribution in [1.29, 1.82) is 0 Å². The maximum Gasteiger partial charge on any atom is 0.223 e. The van der Waals surface area contributed by atoms with E-state index < -0.39 is 0 Å². The maximum atomic E-state index is 13.3. The third-order valence-electron chi connectivity index (χ3n) is 2.83. The molecule has 0 aliphatic heterocycles. The minimum absolute atomic E-state index is 0.311. The molecule has 20 heavy (non-hydrogen) atoms. The number of aryl methyl sites for hydroxylation is 1. The van der Waals surface area contributed by atoms with Gasteiger partial charge >= 0.3 is 0 Å². The van der Waals surface area contributed by atoms with Gasteiger partial charge in [-0.3, -0.25) is 0 Å². The molecule has 0 saturated carbocycles. The van der Waals surface area contributed by atoms with Crippen molar-refractivity contribution in [2.75, 3.05) is 0 Å². The van der Waals surface area contributed by atoms with Crippen LogP contribution in [0, 0.1) is 12.7 Å². The average molecular weight is 274 g/mol. The number of hydrogen-bond acceptors (Lipinski definition) is 3. The lowest BCUT2D eigenvalue weighted by molar-refractivity contribution is 0.445. The van der Waals surface area contributed by atoms with E-state index in [1.54, 1.807) is 0 Å². The van der Waals surface area contributed by atoms with Gasteiger partial charge in [-0.1, -0.05) is 31.5 Å². The summed E-state index contributed by atoms with van der Waals surface area (Å²) in [5.74, 6) is 0.769. The van der Waals surface area contributed by atoms with Gasteiger partial charge in [0.05, 0.1) is 6.20 Å². The van der Waals surface area contributed by atoms with Crippen molar-refractivity contribution >= 4 is 0 Å². The minimum atomic E-state index is -0.359. The predicted octanol–water partition coefficient (Wildman–Crippen LogP) is 3.82. The lowest BCUT2D eigenvalue weighted by atomic mass is 10.2. The molecular formula is C16H19FN2O. The fourth-order valence-corrected chi connectivity index (χ4v) is 1.72. The fourth-order valence-electron chi connectivity index (χ4n) is 1.72. The predicted molar refractivity (Wildman–Crippen MR) is 77.4 cm³/mol. The first-order chi connectivity index (χ1) is 9.54. The zero-order chi connectivity index (χ0) is 14.5. The molecule has 0 bridgehead atoms. The van der Waals surface area contributed by atoms with Crippen LogP contribution >= 0.6 is 0 Å². The second kappa shape index (κ2) is 6.48. The number of pyridine rings is 1. The highest BCUT2D eigenvalue weighted by molar-refractivity contribution is 5.33. The number of nitrogens with one attached hydrogen (secondary N) is 1. The first kappa shape index (κ1) is 14.5. The molecule has 106 valence electrons. The number of halogens is 1. The van der Waals surface area contributed by atoms with E-state index in [0.717, 1.165) is 5.56 Å². The molecule has 0 atom stereocenters. The number of rotatable bonds is 5. The first-order valence-electron chi connectivity index (χ1n) is 6.67. The molecule has 4 heteroatoms. The van der Waals surface area contributed by atoms with Crippen LogP contribution in [-0.2, 0) is 6.54 Å². The van der Waals surface area contributed by atoms with Crippen LogP contribution in [0.25, 0.3) is 0 Å². The van der Waals surface area contributed by atoms with Crippen molar-refractivity contribution in [2.24, 2.45) is 0 Å². The van der Waals surface area contributed by atoms with Crippen LogP contribution in [0.3, 0.4) is 0 Å². The van der Waals surface area contributed by atoms with Crippen molar-refractivity contribution in [1.82, 2.24) is 10.3 Å². The molecule has 0 fully saturated rings. The van der Waals surface area contributed by atoms with Crippen LogP contribution in [0.5, 0.6) is 11.6 Å². The van der Waals surface area contributed by atoms with Gasteiger partial charge in [-0.15, -0.1) is 0 Å². The molecule has 1 aromatic carbocycles. The Labute approximate surface area is 118 Å². The van der Waals surface area contributed by atoms with Gasteiger partial charge in [0.15, 0.2) is 0 Å². The van der Waals surface area contributed by atoms with Crippen LogP contribution in [0.4, 0.5) is 4.39 Å². The van der Waals surface area contributed by atoms with E-state index in [4.69, 9.17) is 4.74 Å². The molecule has 0 radical (unpaired) electrons. The largest absolute Gasteiger partial charge is 0.439 e. The van der Waals surface area contributed by atoms with Gasteiger partial charge in [-0.25, -0.2) is 9.37 Å². The second-order valence-electron chi connectivity index (χ2n) is 5.07. The highest BCUT2D eigenvalue weighted by Gasteiger charge is 2.09. The molecule has 1 aromatic heterocycles. The van der Waals surface area contributed by atoms with E-state index >= 15 is 0 Å². The molecule has 0 amide bonds. The summed E-state index contributed by atoms with van der Waals surface area (Å²) in [5.41, 5.74) is 1.87. The van der Waals surface area contributed by atoms with Gasteiger partial charge in [0.2, 0.25) is 5.88 Å². The Morgan fingerprint density at radius 1 is 1.25 bits per heavy atom. The summed E-state index contributed by atoms with van der Waals surface area (Å²) in [6.07, 6.45) is 1.17. The number of hydrogen-bond donors (Lipinski definition) is 1. The molecule has 0 aliphatic rings. The Morgan fingerprint density at radius 2 is 1.95 bits per heavy atom. The Balaban J connectivity index is 2.19. The van der Waals surface area contributed by atoms with Gasteiger partial charge in [0.1, 0.15) is 11.6 Å². The van der Waals surface area contributed by atoms with Gasteiger partial charge in [0, 0.05) is 18.2 Å². The summed E-state index contributed by atoms with van der Waals surface area (Å²) >= 11 is 0. The molecule has 1 N–H and O–H groups in total. The maximum absolute atomic E-state index is 13.3. The molecule has 1 heterocycles. The highest BCUT2D eigenvalue weighted by atomic mass is 19.1. The fraction of sp³-hybridized carbons (Fsp3) is 0.312. The third-order valence-corrected chi connectivity index (χ3v) is 2.83. The number of nitrogens with zero attached hydrogens (tertiary/aromatic N) is 1. The first-order valence-corrected chi connectivity index (χ1v) is 6.67. The summed E-state index contributed by atoms with van der Waals surface area (Å²) in [7, 11) is 0. The Hall–Kier alpha value is -1.94. The smallest absolute Gasteiger partial charge is 0.223 e. The SMILES string of the molecule is Cc1ccc(Oc2ncc(F)cc2CNC(C)C)cc1. The topological polar surface area (TPSA) is 34.1 Å². The van der Waals surface area contributed by atoms with Crippen LogP contribution in [0.2, 0.25) is 0 Å². The van der Waals surface area contributed by atoms with Crippen molar-refractivity contribution in [3.05, 3.63) is 53.5 Å². The van der Waals surface area contributed by atoms with Crippen molar-refractivity contribution in [3.63, 3.8) is 0 Å². The van der Waals surface area contributed by atoms with Crippen molar-refractivity contribution in [3.8, 4) is 11.6 Å². The van der Waals surface area contributed by atoms with Crippen LogP contribution in [-0.4, -0.2) is 11.0 Å². The van der Waals surface area contributed by atoms with Crippen LogP contribution in [0.15, 0.2) is 36.5 Å². The van der Waals surface area contributed by atoms with E-state index in [1.807, 2.05) is 45.0 Å². The second-order valence-corrected chi connectivity index (χ2v) is 5.07. The quantitative estimate of drug-likeness (QED) is 0.900. The summed E-state index contributed by atoms with van der Waals surface area (Å²) in [4.78, 5) is 4.04. The van der Waals surface area contributed by atoms with E-state index in [-0.39, 0.29) is 5.82 Å². The molecular weight excluding hydrogens is 255 g/mol. The average Bonchev–Trinajstić information content (AvgIpc) is 2.41. The zero-order valence-electron chi connectivity index (χ0n) is 12.0. The molecule has 0 saturated heterocycles. The summed E-state index contributed by atoms with van der Waals surface area (Å²) in [6, 6.07) is 9.44. The lowest BCUT2D eigenvalue weighted by Crippen LogP contribution is -2.22. The van der Waals surface area contributed by atoms with Gasteiger partial charge in [0.25, 0.3) is 0 Å². The molecule has 2 rings (SSSR count). The minimum Gasteiger partial charge on any atom is -0.439 e. The Bertz CT molecular complexity index is 567. The Morgan fingerprint density at radius 3 is 2.60 bits per heavy atom. The molecule has 0 aliphatic carbocycles. The number of ether oxygens (including phenoxy) is 1. The summed E-state index contributed by atoms with van der Waals surface area (Å²) in [6.45, 7) is 6.60. The number of aromatic nitrogens is 1. The van der Waals surface area contributed by atoms with Gasteiger partial charge in [-0.05, 0) is 25.1 Å². The van der Waals surface area contributed by atoms with Crippen molar-refractivity contribution in [2.45, 2.75) is 33.4 Å². The third kappa shape index (κ3) is 4.03. The summed E-state index contributed by atoms with van der Waals surface area (Å²) in [5, 5.41) is 3.24. The molecule has 2 aromatic rings. The molecule has 0 spiro atoms.